The zero-order valence-corrected chi connectivity index (χ0v) is 18.2. The molecule has 2 aromatic rings. The molecule has 0 aliphatic rings. The van der Waals surface area contributed by atoms with E-state index in [4.69, 9.17) is 9.47 Å². The molecule has 30 heavy (non-hydrogen) atoms. The van der Waals surface area contributed by atoms with Gasteiger partial charge in [-0.1, -0.05) is 44.9 Å². The van der Waals surface area contributed by atoms with Crippen molar-refractivity contribution in [1.82, 2.24) is 0 Å². The van der Waals surface area contributed by atoms with E-state index in [1.165, 1.54) is 0 Å². The predicted octanol–water partition coefficient (Wildman–Crippen LogP) is 5.40. The zero-order valence-electron chi connectivity index (χ0n) is 18.2. The van der Waals surface area contributed by atoms with Gasteiger partial charge >= 0.3 is 5.97 Å². The Labute approximate surface area is 179 Å². The largest absolute Gasteiger partial charge is 0.507 e. The topological polar surface area (TPSA) is 72.8 Å². The van der Waals surface area contributed by atoms with Crippen LogP contribution in [0.2, 0.25) is 0 Å². The van der Waals surface area contributed by atoms with Crippen LogP contribution < -0.4 is 4.74 Å². The Morgan fingerprint density at radius 2 is 1.70 bits per heavy atom. The fraction of sp³-hybridized carbons (Fsp3) is 0.440. The Hall–Kier alpha value is -2.82. The second kappa shape index (κ2) is 12.0. The van der Waals surface area contributed by atoms with E-state index < -0.39 is 0 Å². The summed E-state index contributed by atoms with van der Waals surface area (Å²) in [6.07, 6.45) is 3.98. The fourth-order valence-electron chi connectivity index (χ4n) is 3.28. The Morgan fingerprint density at radius 1 is 0.967 bits per heavy atom. The summed E-state index contributed by atoms with van der Waals surface area (Å²) in [7, 11) is 0. The van der Waals surface area contributed by atoms with Crippen molar-refractivity contribution in [1.29, 1.82) is 0 Å². The van der Waals surface area contributed by atoms with Gasteiger partial charge in [-0.3, -0.25) is 9.59 Å². The Bertz CT molecular complexity index is 839. The van der Waals surface area contributed by atoms with Gasteiger partial charge < -0.3 is 14.6 Å². The Morgan fingerprint density at radius 3 is 2.33 bits per heavy atom. The first-order valence-electron chi connectivity index (χ1n) is 10.7. The highest BCUT2D eigenvalue weighted by Gasteiger charge is 2.17. The van der Waals surface area contributed by atoms with Crippen molar-refractivity contribution in [3.63, 3.8) is 0 Å². The third-order valence-electron chi connectivity index (χ3n) is 4.91. The number of carbonyl (C=O) groups excluding carboxylic acids is 2. The molecule has 5 heteroatoms. The number of aromatic hydroxyl groups is 1. The number of ketones is 1. The third-order valence-corrected chi connectivity index (χ3v) is 4.91. The maximum absolute atomic E-state index is 12.4. The molecule has 0 saturated heterocycles. The molecule has 0 radical (unpaired) electrons. The number of hydrogen-bond acceptors (Lipinski definition) is 5. The van der Waals surface area contributed by atoms with Crippen LogP contribution in [0.3, 0.4) is 0 Å². The molecule has 1 N–H and O–H groups in total. The van der Waals surface area contributed by atoms with Gasteiger partial charge in [0, 0.05) is 12.0 Å². The molecular formula is C25H32O5. The van der Waals surface area contributed by atoms with Crippen molar-refractivity contribution in [2.24, 2.45) is 0 Å². The first kappa shape index (κ1) is 23.5. The van der Waals surface area contributed by atoms with Crippen LogP contribution in [0.15, 0.2) is 36.4 Å². The van der Waals surface area contributed by atoms with Gasteiger partial charge in [0.2, 0.25) is 0 Å². The number of carbonyl (C=O) groups is 2. The zero-order chi connectivity index (χ0) is 21.9. The minimum atomic E-state index is -0.251. The summed E-state index contributed by atoms with van der Waals surface area (Å²) in [5.41, 5.74) is 2.91. The molecule has 162 valence electrons. The standard InChI is InChI=1S/C25H32O5/c1-4-7-9-23(26)22-15-12-19(21(8-5-2)25(22)28)17-30-20-13-10-18(11-14-20)16-24(27)29-6-3/h10-15,28H,4-9,16-17H2,1-3H3. The van der Waals surface area contributed by atoms with E-state index in [1.807, 2.05) is 44.2 Å². The summed E-state index contributed by atoms with van der Waals surface area (Å²) in [6, 6.07) is 10.9. The summed E-state index contributed by atoms with van der Waals surface area (Å²) < 4.78 is 10.9. The van der Waals surface area contributed by atoms with Gasteiger partial charge in [-0.2, -0.15) is 0 Å². The highest BCUT2D eigenvalue weighted by Crippen LogP contribution is 2.30. The summed E-state index contributed by atoms with van der Waals surface area (Å²) in [6.45, 7) is 6.53. The molecule has 0 fully saturated rings. The fourth-order valence-corrected chi connectivity index (χ4v) is 3.28. The van der Waals surface area contributed by atoms with Gasteiger partial charge in [0.1, 0.15) is 18.1 Å². The normalized spacial score (nSPS) is 10.6. The first-order chi connectivity index (χ1) is 14.5. The second-order valence-corrected chi connectivity index (χ2v) is 7.29. The third kappa shape index (κ3) is 6.61. The van der Waals surface area contributed by atoms with Gasteiger partial charge in [-0.15, -0.1) is 0 Å². The number of Topliss-reactive ketones (excluding diaryl/α,β-unsaturated/α-hetero) is 1. The summed E-state index contributed by atoms with van der Waals surface area (Å²) in [5.74, 6) is 0.493. The molecule has 0 aliphatic carbocycles. The highest BCUT2D eigenvalue weighted by atomic mass is 16.5. The molecule has 0 saturated carbocycles. The highest BCUT2D eigenvalue weighted by molar-refractivity contribution is 5.99. The molecule has 5 nitrogen and oxygen atoms in total. The smallest absolute Gasteiger partial charge is 0.310 e. The van der Waals surface area contributed by atoms with Gasteiger partial charge in [-0.05, 0) is 49.1 Å². The lowest BCUT2D eigenvalue weighted by molar-refractivity contribution is -0.142. The van der Waals surface area contributed by atoms with Gasteiger partial charge in [0.25, 0.3) is 0 Å². The molecule has 0 unspecified atom stereocenters. The number of unbranched alkanes of at least 4 members (excludes halogenated alkanes) is 1. The van der Waals surface area contributed by atoms with Crippen LogP contribution in [0, 0.1) is 0 Å². The Balaban J connectivity index is 2.09. The molecule has 0 aromatic heterocycles. The van der Waals surface area contributed by atoms with Crippen LogP contribution in [-0.2, 0) is 29.0 Å². The van der Waals surface area contributed by atoms with Crippen molar-refractivity contribution >= 4 is 11.8 Å². The van der Waals surface area contributed by atoms with Gasteiger partial charge in [0.05, 0.1) is 18.6 Å². The minimum absolute atomic E-state index is 0.0173. The van der Waals surface area contributed by atoms with E-state index in [1.54, 1.807) is 13.0 Å². The average Bonchev–Trinajstić information content (AvgIpc) is 2.73. The number of esters is 1. The summed E-state index contributed by atoms with van der Waals surface area (Å²) in [5, 5.41) is 10.7. The molecule has 0 atom stereocenters. The molecular weight excluding hydrogens is 380 g/mol. The molecule has 0 bridgehead atoms. The van der Waals surface area contributed by atoms with Crippen molar-refractivity contribution < 1.29 is 24.2 Å². The van der Waals surface area contributed by atoms with E-state index in [0.717, 1.165) is 36.0 Å². The van der Waals surface area contributed by atoms with E-state index >= 15 is 0 Å². The lowest BCUT2D eigenvalue weighted by atomic mass is 9.95. The number of hydrogen-bond donors (Lipinski definition) is 1. The maximum atomic E-state index is 12.4. The monoisotopic (exact) mass is 412 g/mol. The maximum Gasteiger partial charge on any atom is 0.310 e. The molecule has 0 spiro atoms. The summed E-state index contributed by atoms with van der Waals surface area (Å²) >= 11 is 0. The number of rotatable bonds is 12. The number of ether oxygens (including phenoxy) is 2. The molecule has 0 heterocycles. The van der Waals surface area contributed by atoms with Gasteiger partial charge in [0.15, 0.2) is 5.78 Å². The van der Waals surface area contributed by atoms with E-state index in [-0.39, 0.29) is 23.9 Å². The number of benzene rings is 2. The van der Waals surface area contributed by atoms with Crippen LogP contribution >= 0.6 is 0 Å². The number of phenols is 1. The van der Waals surface area contributed by atoms with Crippen LogP contribution in [-0.4, -0.2) is 23.5 Å². The van der Waals surface area contributed by atoms with Crippen LogP contribution in [0.25, 0.3) is 0 Å². The van der Waals surface area contributed by atoms with Gasteiger partial charge in [-0.25, -0.2) is 0 Å². The van der Waals surface area contributed by atoms with Crippen molar-refractivity contribution in [3.05, 3.63) is 58.7 Å². The van der Waals surface area contributed by atoms with E-state index in [9.17, 15) is 14.7 Å². The minimum Gasteiger partial charge on any atom is -0.507 e. The van der Waals surface area contributed by atoms with Crippen LogP contribution in [0.5, 0.6) is 11.5 Å². The second-order valence-electron chi connectivity index (χ2n) is 7.29. The van der Waals surface area contributed by atoms with Crippen molar-refractivity contribution in [2.75, 3.05) is 6.61 Å². The summed E-state index contributed by atoms with van der Waals surface area (Å²) in [4.78, 5) is 24.0. The van der Waals surface area contributed by atoms with Crippen LogP contribution in [0.4, 0.5) is 0 Å². The lowest BCUT2D eigenvalue weighted by Gasteiger charge is -2.15. The van der Waals surface area contributed by atoms with Crippen LogP contribution in [0.1, 0.15) is 73.5 Å². The molecule has 0 aliphatic heterocycles. The molecule has 2 rings (SSSR count). The lowest BCUT2D eigenvalue weighted by Crippen LogP contribution is -2.07. The van der Waals surface area contributed by atoms with Crippen molar-refractivity contribution in [3.8, 4) is 11.5 Å². The first-order valence-corrected chi connectivity index (χ1v) is 10.7. The van der Waals surface area contributed by atoms with E-state index in [2.05, 4.69) is 0 Å². The van der Waals surface area contributed by atoms with E-state index in [0.29, 0.717) is 37.4 Å². The predicted molar refractivity (Wildman–Crippen MR) is 117 cm³/mol. The van der Waals surface area contributed by atoms with Crippen molar-refractivity contribution in [2.45, 2.75) is 65.9 Å². The number of phenolic OH excluding ortho intramolecular Hbond substituents is 1. The Kier molecular flexibility index (Phi) is 9.39. The average molecular weight is 413 g/mol. The molecule has 2 aromatic carbocycles. The quantitative estimate of drug-likeness (QED) is 0.373. The SMILES string of the molecule is CCCCC(=O)c1ccc(COc2ccc(CC(=O)OCC)cc2)c(CCC)c1O. The molecule has 0 amide bonds.